The number of hydrogen-bond donors (Lipinski definition) is 2. The van der Waals surface area contributed by atoms with E-state index in [1.807, 2.05) is 13.0 Å². The number of carbonyl (C=O) groups is 2. The minimum Gasteiger partial charge on any atom is -0.481 e. The van der Waals surface area contributed by atoms with Gasteiger partial charge in [-0.15, -0.1) is 6.58 Å². The molecule has 0 saturated carbocycles. The highest BCUT2D eigenvalue weighted by atomic mass is 16.4. The van der Waals surface area contributed by atoms with Gasteiger partial charge in [-0.2, -0.15) is 0 Å². The maximum absolute atomic E-state index is 12.0. The minimum absolute atomic E-state index is 0.0474. The highest BCUT2D eigenvalue weighted by Gasteiger charge is 2.37. The molecule has 4 nitrogen and oxygen atoms in total. The third-order valence-electron chi connectivity index (χ3n) is 3.32. The minimum atomic E-state index is -1.22. The van der Waals surface area contributed by atoms with Crippen LogP contribution in [0.25, 0.3) is 0 Å². The molecule has 20 heavy (non-hydrogen) atoms. The average Bonchev–Trinajstić information content (AvgIpc) is 2.39. The van der Waals surface area contributed by atoms with Gasteiger partial charge in [-0.25, -0.2) is 0 Å². The molecule has 0 aliphatic rings. The second-order valence-electron chi connectivity index (χ2n) is 5.17. The summed E-state index contributed by atoms with van der Waals surface area (Å²) in [7, 11) is 0. The first kappa shape index (κ1) is 16.0. The van der Waals surface area contributed by atoms with Gasteiger partial charge in [0, 0.05) is 12.5 Å². The third kappa shape index (κ3) is 3.95. The second kappa shape index (κ2) is 6.89. The number of carbonyl (C=O) groups excluding carboxylic acids is 1. The normalized spacial score (nSPS) is 14.9. The standard InChI is InChI=1S/C16H21NO3/c1-4-8-12(2)17-14(18)11-16(3,15(19)20)13-9-6-5-7-10-13/h4-7,9-10,12H,1,8,11H2,2-3H3,(H,17,18)(H,19,20). The van der Waals surface area contributed by atoms with Gasteiger partial charge < -0.3 is 10.4 Å². The molecule has 0 bridgehead atoms. The maximum atomic E-state index is 12.0. The largest absolute Gasteiger partial charge is 0.481 e. The number of carboxylic acids is 1. The van der Waals surface area contributed by atoms with Crippen molar-refractivity contribution in [2.45, 2.75) is 38.1 Å². The quantitative estimate of drug-likeness (QED) is 0.751. The highest BCUT2D eigenvalue weighted by molar-refractivity contribution is 5.89. The van der Waals surface area contributed by atoms with Crippen LogP contribution in [0.15, 0.2) is 43.0 Å². The van der Waals surface area contributed by atoms with E-state index >= 15 is 0 Å². The van der Waals surface area contributed by atoms with Crippen LogP contribution in [-0.4, -0.2) is 23.0 Å². The van der Waals surface area contributed by atoms with Crippen LogP contribution in [0.3, 0.4) is 0 Å². The fourth-order valence-electron chi connectivity index (χ4n) is 2.06. The van der Waals surface area contributed by atoms with E-state index in [-0.39, 0.29) is 18.4 Å². The third-order valence-corrected chi connectivity index (χ3v) is 3.32. The first-order chi connectivity index (χ1) is 9.40. The van der Waals surface area contributed by atoms with Crippen molar-refractivity contribution in [3.05, 3.63) is 48.6 Å². The van der Waals surface area contributed by atoms with Crippen molar-refractivity contribution in [1.29, 1.82) is 0 Å². The summed E-state index contributed by atoms with van der Waals surface area (Å²) in [6, 6.07) is 8.78. The Bertz CT molecular complexity index is 484. The Morgan fingerprint density at radius 3 is 2.50 bits per heavy atom. The zero-order chi connectivity index (χ0) is 15.2. The van der Waals surface area contributed by atoms with Crippen LogP contribution in [0.2, 0.25) is 0 Å². The second-order valence-corrected chi connectivity index (χ2v) is 5.17. The molecule has 2 atom stereocenters. The first-order valence-electron chi connectivity index (χ1n) is 6.59. The number of amides is 1. The molecule has 1 aromatic carbocycles. The van der Waals surface area contributed by atoms with E-state index in [1.165, 1.54) is 0 Å². The molecule has 1 rings (SSSR count). The van der Waals surface area contributed by atoms with E-state index in [1.54, 1.807) is 37.3 Å². The van der Waals surface area contributed by atoms with E-state index in [0.717, 1.165) is 0 Å². The van der Waals surface area contributed by atoms with Gasteiger partial charge in [0.1, 0.15) is 0 Å². The smallest absolute Gasteiger partial charge is 0.314 e. The average molecular weight is 275 g/mol. The lowest BCUT2D eigenvalue weighted by Gasteiger charge is -2.25. The summed E-state index contributed by atoms with van der Waals surface area (Å²) in [5.74, 6) is -1.27. The molecule has 0 aliphatic heterocycles. The zero-order valence-electron chi connectivity index (χ0n) is 11.9. The fraction of sp³-hybridized carbons (Fsp3) is 0.375. The Balaban J connectivity index is 2.85. The highest BCUT2D eigenvalue weighted by Crippen LogP contribution is 2.28. The summed E-state index contributed by atoms with van der Waals surface area (Å²) < 4.78 is 0. The number of rotatable bonds is 7. The Labute approximate surface area is 119 Å². The lowest BCUT2D eigenvalue weighted by atomic mass is 9.79. The molecule has 2 unspecified atom stereocenters. The zero-order valence-corrected chi connectivity index (χ0v) is 11.9. The van der Waals surface area contributed by atoms with Crippen LogP contribution in [0.4, 0.5) is 0 Å². The number of nitrogens with one attached hydrogen (secondary N) is 1. The van der Waals surface area contributed by atoms with Crippen molar-refractivity contribution < 1.29 is 14.7 Å². The Hall–Kier alpha value is -2.10. The topological polar surface area (TPSA) is 66.4 Å². The molecule has 4 heteroatoms. The van der Waals surface area contributed by atoms with Gasteiger partial charge in [-0.3, -0.25) is 9.59 Å². The van der Waals surface area contributed by atoms with Crippen LogP contribution in [-0.2, 0) is 15.0 Å². The van der Waals surface area contributed by atoms with Crippen LogP contribution in [0.5, 0.6) is 0 Å². The van der Waals surface area contributed by atoms with Crippen LogP contribution in [0, 0.1) is 0 Å². The summed E-state index contributed by atoms with van der Waals surface area (Å²) in [5.41, 5.74) is -0.599. The number of hydrogen-bond acceptors (Lipinski definition) is 2. The molecule has 2 N–H and O–H groups in total. The molecular weight excluding hydrogens is 254 g/mol. The molecule has 0 radical (unpaired) electrons. The van der Waals surface area contributed by atoms with Crippen molar-refractivity contribution in [1.82, 2.24) is 5.32 Å². The first-order valence-corrected chi connectivity index (χ1v) is 6.59. The van der Waals surface area contributed by atoms with Gasteiger partial charge in [0.25, 0.3) is 0 Å². The molecule has 0 aliphatic carbocycles. The molecule has 108 valence electrons. The number of aliphatic carboxylic acids is 1. The Kier molecular flexibility index (Phi) is 5.50. The molecule has 0 aromatic heterocycles. The van der Waals surface area contributed by atoms with Crippen molar-refractivity contribution in [3.63, 3.8) is 0 Å². The maximum Gasteiger partial charge on any atom is 0.314 e. The number of carboxylic acid groups (broad SMARTS) is 1. The van der Waals surface area contributed by atoms with E-state index in [9.17, 15) is 14.7 Å². The van der Waals surface area contributed by atoms with Crippen LogP contribution in [0.1, 0.15) is 32.3 Å². The van der Waals surface area contributed by atoms with Gasteiger partial charge in [-0.1, -0.05) is 36.4 Å². The summed E-state index contributed by atoms with van der Waals surface area (Å²) in [6.07, 6.45) is 2.28. The predicted molar refractivity (Wildman–Crippen MR) is 78.5 cm³/mol. The molecule has 1 amide bonds. The van der Waals surface area contributed by atoms with Crippen molar-refractivity contribution >= 4 is 11.9 Å². The van der Waals surface area contributed by atoms with E-state index in [4.69, 9.17) is 0 Å². The van der Waals surface area contributed by atoms with Crippen molar-refractivity contribution in [3.8, 4) is 0 Å². The molecular formula is C16H21NO3. The SMILES string of the molecule is C=CCC(C)NC(=O)CC(C)(C(=O)O)c1ccccc1. The Morgan fingerprint density at radius 1 is 1.40 bits per heavy atom. The summed E-state index contributed by atoms with van der Waals surface area (Å²) in [5, 5.41) is 12.3. The summed E-state index contributed by atoms with van der Waals surface area (Å²) >= 11 is 0. The van der Waals surface area contributed by atoms with Gasteiger partial charge in [0.15, 0.2) is 0 Å². The van der Waals surface area contributed by atoms with Gasteiger partial charge in [0.2, 0.25) is 5.91 Å². The summed E-state index contributed by atoms with van der Waals surface area (Å²) in [4.78, 5) is 23.6. The molecule has 0 spiro atoms. The lowest BCUT2D eigenvalue weighted by Crippen LogP contribution is -2.41. The molecule has 0 saturated heterocycles. The van der Waals surface area contributed by atoms with E-state index < -0.39 is 11.4 Å². The predicted octanol–water partition coefficient (Wildman–Crippen LogP) is 2.50. The fourth-order valence-corrected chi connectivity index (χ4v) is 2.06. The van der Waals surface area contributed by atoms with E-state index in [2.05, 4.69) is 11.9 Å². The molecule has 1 aromatic rings. The van der Waals surface area contributed by atoms with Gasteiger partial charge in [-0.05, 0) is 25.8 Å². The van der Waals surface area contributed by atoms with Gasteiger partial charge >= 0.3 is 5.97 Å². The van der Waals surface area contributed by atoms with Crippen LogP contribution >= 0.6 is 0 Å². The molecule has 0 fully saturated rings. The lowest BCUT2D eigenvalue weighted by molar-refractivity contribution is -0.145. The van der Waals surface area contributed by atoms with E-state index in [0.29, 0.717) is 12.0 Å². The monoisotopic (exact) mass is 275 g/mol. The van der Waals surface area contributed by atoms with Crippen LogP contribution < -0.4 is 5.32 Å². The van der Waals surface area contributed by atoms with Crippen molar-refractivity contribution in [2.75, 3.05) is 0 Å². The van der Waals surface area contributed by atoms with Gasteiger partial charge in [0.05, 0.1) is 5.41 Å². The molecule has 0 heterocycles. The number of benzene rings is 1. The Morgan fingerprint density at radius 2 is 2.00 bits per heavy atom. The van der Waals surface area contributed by atoms with Crippen molar-refractivity contribution in [2.24, 2.45) is 0 Å². The summed E-state index contributed by atoms with van der Waals surface area (Å²) in [6.45, 7) is 7.05.